The van der Waals surface area contributed by atoms with Gasteiger partial charge in [0.15, 0.2) is 0 Å². The number of hydrogen-bond acceptors (Lipinski definition) is 4. The van der Waals surface area contributed by atoms with Gasteiger partial charge in [-0.3, -0.25) is 0 Å². The van der Waals surface area contributed by atoms with Crippen molar-refractivity contribution in [3.63, 3.8) is 0 Å². The number of hydrogen-bond donors (Lipinski definition) is 1. The van der Waals surface area contributed by atoms with Crippen molar-refractivity contribution in [2.75, 3.05) is 25.2 Å². The lowest BCUT2D eigenvalue weighted by molar-refractivity contribution is -0.0883. The van der Waals surface area contributed by atoms with Crippen LogP contribution in [0.15, 0.2) is 0 Å². The Morgan fingerprint density at radius 2 is 2.33 bits per heavy atom. The number of ether oxygens (including phenoxy) is 2. The maximum absolute atomic E-state index is 6.42. The first-order valence-corrected chi connectivity index (χ1v) is 8.14. The highest BCUT2D eigenvalue weighted by atomic mass is 32.2. The molecule has 2 aliphatic heterocycles. The third kappa shape index (κ3) is 3.41. The van der Waals surface area contributed by atoms with Crippen LogP contribution in [0.3, 0.4) is 0 Å². The molecule has 2 fully saturated rings. The summed E-state index contributed by atoms with van der Waals surface area (Å²) in [6.45, 7) is 5.12. The quantitative estimate of drug-likeness (QED) is 0.854. The summed E-state index contributed by atoms with van der Waals surface area (Å²) in [6, 6.07) is 0.228. The Hall–Kier alpha value is 0.230. The van der Waals surface area contributed by atoms with Gasteiger partial charge in [0.25, 0.3) is 0 Å². The molecule has 2 aliphatic rings. The Morgan fingerprint density at radius 1 is 1.56 bits per heavy atom. The van der Waals surface area contributed by atoms with Gasteiger partial charge in [0, 0.05) is 25.5 Å². The molecule has 0 aromatic carbocycles. The van der Waals surface area contributed by atoms with Crippen LogP contribution in [0.25, 0.3) is 0 Å². The molecule has 3 atom stereocenters. The van der Waals surface area contributed by atoms with Crippen molar-refractivity contribution in [1.82, 2.24) is 0 Å². The molecule has 4 heteroatoms. The lowest BCUT2D eigenvalue weighted by Gasteiger charge is -2.41. The molecular formula is C14H27NO2S. The Morgan fingerprint density at radius 3 is 2.94 bits per heavy atom. The SMILES string of the molecule is COC(C)(C)CC(N)C1CCOC2(CCSC2)C1. The Labute approximate surface area is 115 Å². The highest BCUT2D eigenvalue weighted by Gasteiger charge is 2.42. The van der Waals surface area contributed by atoms with Crippen molar-refractivity contribution >= 4 is 11.8 Å². The zero-order chi connectivity index (χ0) is 13.2. The maximum atomic E-state index is 6.42. The van der Waals surface area contributed by atoms with Gasteiger partial charge in [-0.2, -0.15) is 11.8 Å². The summed E-state index contributed by atoms with van der Waals surface area (Å²) in [5, 5.41) is 0. The normalized spacial score (nSPS) is 35.0. The number of rotatable bonds is 4. The first-order chi connectivity index (χ1) is 8.46. The van der Waals surface area contributed by atoms with E-state index in [4.69, 9.17) is 15.2 Å². The highest BCUT2D eigenvalue weighted by Crippen LogP contribution is 2.41. The van der Waals surface area contributed by atoms with E-state index in [0.717, 1.165) is 31.6 Å². The second-order valence-corrected chi connectivity index (χ2v) is 7.52. The smallest absolute Gasteiger partial charge is 0.0783 e. The van der Waals surface area contributed by atoms with Gasteiger partial charge in [-0.15, -0.1) is 0 Å². The molecule has 3 unspecified atom stereocenters. The van der Waals surface area contributed by atoms with E-state index in [1.165, 1.54) is 12.2 Å². The van der Waals surface area contributed by atoms with Gasteiger partial charge in [0.1, 0.15) is 0 Å². The first-order valence-electron chi connectivity index (χ1n) is 6.99. The van der Waals surface area contributed by atoms with Crippen molar-refractivity contribution in [2.24, 2.45) is 11.7 Å². The molecule has 0 bridgehead atoms. The van der Waals surface area contributed by atoms with Crippen LogP contribution in [0, 0.1) is 5.92 Å². The van der Waals surface area contributed by atoms with Crippen molar-refractivity contribution in [3.8, 4) is 0 Å². The minimum atomic E-state index is -0.116. The largest absolute Gasteiger partial charge is 0.379 e. The summed E-state index contributed by atoms with van der Waals surface area (Å²) in [5.41, 5.74) is 6.44. The van der Waals surface area contributed by atoms with E-state index in [0.29, 0.717) is 5.92 Å². The summed E-state index contributed by atoms with van der Waals surface area (Å²) in [4.78, 5) is 0. The van der Waals surface area contributed by atoms with Crippen molar-refractivity contribution < 1.29 is 9.47 Å². The van der Waals surface area contributed by atoms with E-state index in [-0.39, 0.29) is 17.2 Å². The topological polar surface area (TPSA) is 44.5 Å². The molecule has 2 N–H and O–H groups in total. The van der Waals surface area contributed by atoms with Crippen LogP contribution >= 0.6 is 11.8 Å². The van der Waals surface area contributed by atoms with Crippen LogP contribution in [-0.4, -0.2) is 42.5 Å². The van der Waals surface area contributed by atoms with Crippen LogP contribution in [0.4, 0.5) is 0 Å². The molecule has 18 heavy (non-hydrogen) atoms. The van der Waals surface area contributed by atoms with Crippen LogP contribution in [0.5, 0.6) is 0 Å². The second kappa shape index (κ2) is 5.70. The summed E-state index contributed by atoms with van der Waals surface area (Å²) < 4.78 is 11.6. The highest BCUT2D eigenvalue weighted by molar-refractivity contribution is 7.99. The fourth-order valence-corrected chi connectivity index (χ4v) is 4.49. The van der Waals surface area contributed by atoms with Crippen molar-refractivity contribution in [1.29, 1.82) is 0 Å². The average Bonchev–Trinajstić information content (AvgIpc) is 2.77. The molecular weight excluding hydrogens is 246 g/mol. The second-order valence-electron chi connectivity index (χ2n) is 6.42. The first kappa shape index (κ1) is 14.6. The van der Waals surface area contributed by atoms with Crippen LogP contribution in [0.2, 0.25) is 0 Å². The number of nitrogens with two attached hydrogens (primary N) is 1. The molecule has 0 aromatic rings. The number of methoxy groups -OCH3 is 1. The van der Waals surface area contributed by atoms with E-state index < -0.39 is 0 Å². The van der Waals surface area contributed by atoms with E-state index in [1.807, 2.05) is 11.8 Å². The Kier molecular flexibility index (Phi) is 4.63. The van der Waals surface area contributed by atoms with Gasteiger partial charge < -0.3 is 15.2 Å². The molecule has 1 spiro atoms. The van der Waals surface area contributed by atoms with E-state index in [1.54, 1.807) is 7.11 Å². The molecule has 3 nitrogen and oxygen atoms in total. The predicted octanol–water partition coefficient (Wildman–Crippen LogP) is 2.43. The van der Waals surface area contributed by atoms with Crippen LogP contribution in [-0.2, 0) is 9.47 Å². The van der Waals surface area contributed by atoms with E-state index >= 15 is 0 Å². The van der Waals surface area contributed by atoms with Crippen molar-refractivity contribution in [3.05, 3.63) is 0 Å². The summed E-state index contributed by atoms with van der Waals surface area (Å²) in [7, 11) is 1.77. The third-order valence-electron chi connectivity index (χ3n) is 4.48. The molecule has 0 saturated carbocycles. The lowest BCUT2D eigenvalue weighted by Crippen LogP contribution is -2.47. The molecule has 0 aliphatic carbocycles. The fourth-order valence-electron chi connectivity index (χ4n) is 3.11. The van der Waals surface area contributed by atoms with Gasteiger partial charge in [0.05, 0.1) is 11.2 Å². The van der Waals surface area contributed by atoms with E-state index in [9.17, 15) is 0 Å². The Balaban J connectivity index is 1.92. The molecule has 2 saturated heterocycles. The monoisotopic (exact) mass is 273 g/mol. The summed E-state index contributed by atoms with van der Waals surface area (Å²) in [5.74, 6) is 2.99. The molecule has 106 valence electrons. The fraction of sp³-hybridized carbons (Fsp3) is 1.00. The molecule has 0 aromatic heterocycles. The number of thioether (sulfide) groups is 1. The minimum Gasteiger partial charge on any atom is -0.379 e. The van der Waals surface area contributed by atoms with Crippen molar-refractivity contribution in [2.45, 2.75) is 56.8 Å². The third-order valence-corrected chi connectivity index (χ3v) is 5.71. The predicted molar refractivity (Wildman–Crippen MR) is 77.0 cm³/mol. The average molecular weight is 273 g/mol. The standard InChI is InChI=1S/C14H27NO2S/c1-13(2,16-3)9-12(15)11-4-6-17-14(8-11)5-7-18-10-14/h11-12H,4-10,15H2,1-3H3. The van der Waals surface area contributed by atoms with Gasteiger partial charge in [-0.25, -0.2) is 0 Å². The van der Waals surface area contributed by atoms with Gasteiger partial charge in [0.2, 0.25) is 0 Å². The Bertz CT molecular complexity index is 277. The summed E-state index contributed by atoms with van der Waals surface area (Å²) in [6.07, 6.45) is 4.38. The summed E-state index contributed by atoms with van der Waals surface area (Å²) >= 11 is 2.02. The van der Waals surface area contributed by atoms with Crippen LogP contribution in [0.1, 0.15) is 39.5 Å². The van der Waals surface area contributed by atoms with Crippen LogP contribution < -0.4 is 5.73 Å². The molecule has 0 radical (unpaired) electrons. The van der Waals surface area contributed by atoms with Gasteiger partial charge >= 0.3 is 0 Å². The zero-order valence-corrected chi connectivity index (χ0v) is 12.7. The molecule has 2 rings (SSSR count). The maximum Gasteiger partial charge on any atom is 0.0783 e. The van der Waals surface area contributed by atoms with E-state index in [2.05, 4.69) is 13.8 Å². The van der Waals surface area contributed by atoms with Gasteiger partial charge in [-0.1, -0.05) is 0 Å². The lowest BCUT2D eigenvalue weighted by atomic mass is 9.78. The molecule has 2 heterocycles. The zero-order valence-electron chi connectivity index (χ0n) is 11.9. The molecule has 0 amide bonds. The van der Waals surface area contributed by atoms with Gasteiger partial charge in [-0.05, 0) is 51.2 Å². The minimum absolute atomic E-state index is 0.116.